The maximum absolute atomic E-state index is 13.9. The van der Waals surface area contributed by atoms with Crippen LogP contribution in [-0.2, 0) is 17.8 Å². The standard InChI is InChI=1S/C34H42N6O3.C28H36N4O2.C26H32N4O2.C8H11ClN2O2.Na.H2O/c1-8-39-14-10-24(11-15-39)22(3)32-23(4)27(33(41)36-20-28-30(43-7)17-21(2)37-34(28)42)19-29-26(12-16-40(29)32)25-9-13-35-31(18-25)38(5)6;1-7-31-14-10-21(11-15-31)19(3)27-20(4)24(28(33)34-8-2)18-25-23(12-16-32(25)27)22-9-13-29-26(17-22)30(5)6;1-6-29-12-8-19(9-13-29)17(2)25-18(3)22(26(31)32)16-23-21(10-14-30(23)25)20-7-11-27-24(15-20)28(4)5;1-5-3-7(13-2)6(4-10-9)8(12)11-5;;/h9,12-13,16-19H,8,10-11,14-15,20H2,1-7H3,(H,36,41)(H,37,42);9,12-13,16-18H,7-8,10-11,14-15H2,1-6H3;7,10-11,14-16H,6,8-9,12-13H2,1-5H3,(H,31,32);3,10H,4H2,1-2H3,(H,11,12);;1H2/q;;;;+1;/p-1. The van der Waals surface area contributed by atoms with Crippen LogP contribution in [0.1, 0.15) is 174 Å². The van der Waals surface area contributed by atoms with E-state index < -0.39 is 5.97 Å². The van der Waals surface area contributed by atoms with Gasteiger partial charge in [0, 0.05) is 159 Å². The smallest absolute Gasteiger partial charge is 0.870 e. The summed E-state index contributed by atoms with van der Waals surface area (Å²) >= 11 is 5.32. The van der Waals surface area contributed by atoms with Crippen LogP contribution in [0.3, 0.4) is 0 Å². The molecule has 3 saturated heterocycles. The van der Waals surface area contributed by atoms with Crippen LogP contribution in [0.5, 0.6) is 11.5 Å². The quantitative estimate of drug-likeness (QED) is 0.0239. The molecule has 28 heteroatoms. The van der Waals surface area contributed by atoms with Gasteiger partial charge in [-0.15, -0.1) is 0 Å². The van der Waals surface area contributed by atoms with Gasteiger partial charge < -0.3 is 82.7 Å². The van der Waals surface area contributed by atoms with Crippen LogP contribution in [0.15, 0.2) is 148 Å². The normalized spacial score (nSPS) is 13.6. The molecule has 3 aliphatic rings. The maximum atomic E-state index is 13.9. The van der Waals surface area contributed by atoms with E-state index in [2.05, 4.69) is 153 Å². The number of allylic oxidation sites excluding steroid dienone is 3. The topological polar surface area (TPSA) is 290 Å². The number of carbonyl (C=O) groups is 3. The van der Waals surface area contributed by atoms with Crippen LogP contribution in [0.4, 0.5) is 17.5 Å². The zero-order valence-corrected chi connectivity index (χ0v) is 78.9. The molecule has 3 aliphatic heterocycles. The fourth-order valence-corrected chi connectivity index (χ4v) is 17.1. The van der Waals surface area contributed by atoms with E-state index in [0.717, 1.165) is 204 Å². The van der Waals surface area contributed by atoms with Crippen LogP contribution < -0.4 is 75.0 Å². The predicted molar refractivity (Wildman–Crippen MR) is 496 cm³/mol. The Morgan fingerprint density at radius 1 is 0.484 bits per heavy atom. The molecule has 124 heavy (non-hydrogen) atoms. The van der Waals surface area contributed by atoms with Crippen molar-refractivity contribution in [3.63, 3.8) is 0 Å². The number of carbonyl (C=O) groups excluding carboxylic acids is 2. The Morgan fingerprint density at radius 3 is 1.12 bits per heavy atom. The molecule has 0 radical (unpaired) electrons. The Kier molecular flexibility index (Phi) is 34.3. The number of aromatic carboxylic acids is 1. The summed E-state index contributed by atoms with van der Waals surface area (Å²) in [6.07, 6.45) is 18.0. The summed E-state index contributed by atoms with van der Waals surface area (Å²) in [6, 6.07) is 27.8. The van der Waals surface area contributed by atoms with Crippen molar-refractivity contribution >= 4 is 80.3 Å². The number of hydrogen-bond acceptors (Lipinski definition) is 19. The van der Waals surface area contributed by atoms with Gasteiger partial charge in [-0.1, -0.05) is 37.5 Å². The summed E-state index contributed by atoms with van der Waals surface area (Å²) in [4.78, 5) is 97.8. The zero-order chi connectivity index (χ0) is 88.1. The number of nitrogens with one attached hydrogen (secondary N) is 4. The second kappa shape index (κ2) is 43.8. The van der Waals surface area contributed by atoms with Crippen molar-refractivity contribution in [2.24, 2.45) is 0 Å². The van der Waals surface area contributed by atoms with Crippen molar-refractivity contribution in [3.8, 4) is 44.9 Å². The number of nitrogens with zero attached hydrogens (tertiary/aromatic N) is 12. The third kappa shape index (κ3) is 21.8. The van der Waals surface area contributed by atoms with Gasteiger partial charge in [-0.2, -0.15) is 0 Å². The second-order valence-corrected chi connectivity index (χ2v) is 32.4. The molecule has 0 aromatic carbocycles. The number of carboxylic acids is 1. The van der Waals surface area contributed by atoms with Crippen LogP contribution in [0.25, 0.3) is 66.7 Å². The molecule has 0 saturated carbocycles. The van der Waals surface area contributed by atoms with E-state index in [9.17, 15) is 29.1 Å². The zero-order valence-electron chi connectivity index (χ0n) is 76.2. The van der Waals surface area contributed by atoms with Crippen molar-refractivity contribution in [1.29, 1.82) is 0 Å². The number of fused-ring (bicyclic) bond motifs is 3. The van der Waals surface area contributed by atoms with Gasteiger partial charge >= 0.3 is 41.5 Å². The molecule has 1 amide bonds. The SMILES string of the molecule is CCN1CCC(=C(C)c2c(C)c(C(=O)NCc3c(OC)cc(C)[nH]c3=O)cc3c(-c4ccnc(N(C)C)c4)ccn23)CC1.CCN1CCC(=C(C)c2c(C)c(C(=O)O)cc3c(-c4ccnc(N(C)C)c4)ccn23)CC1.CCOC(=O)c1cc2c(-c3ccnc(N(C)C)c3)ccn2c(C(C)=C2CCN(CC)CC2)c1C.COc1cc(C)[nH]c(=O)c1CNCl.[Na+].[OH-]. The van der Waals surface area contributed by atoms with E-state index >= 15 is 0 Å². The molecule has 6 N–H and O–H groups in total. The first-order chi connectivity index (χ1) is 58.5. The Hall–Kier alpha value is -10.7. The number of rotatable bonds is 22. The molecule has 0 spiro atoms. The molecular weight excluding hydrogens is 1600 g/mol. The van der Waals surface area contributed by atoms with Gasteiger partial charge in [0.05, 0.1) is 83.3 Å². The summed E-state index contributed by atoms with van der Waals surface area (Å²) < 4.78 is 22.6. The number of esters is 1. The molecule has 26 nitrogen and oxygen atoms in total. The summed E-state index contributed by atoms with van der Waals surface area (Å²) in [5, 5.41) is 13.0. The number of likely N-dealkylation sites (tertiary alicyclic amines) is 3. The number of hydrogen-bond donors (Lipinski definition) is 5. The van der Waals surface area contributed by atoms with Gasteiger partial charge in [-0.3, -0.25) is 14.4 Å². The van der Waals surface area contributed by atoms with Crippen molar-refractivity contribution < 1.29 is 68.7 Å². The molecule has 11 aromatic heterocycles. The number of H-pyrrole nitrogens is 2. The van der Waals surface area contributed by atoms with Crippen molar-refractivity contribution in [1.82, 2.24) is 63.0 Å². The Labute approximate surface area is 755 Å². The van der Waals surface area contributed by atoms with E-state index in [0.29, 0.717) is 51.6 Å². The molecule has 14 heterocycles. The fourth-order valence-electron chi connectivity index (χ4n) is 17.0. The number of ether oxygens (including phenoxy) is 3. The molecular formula is C96H122ClN16NaO10. The fraction of sp³-hybridized carbons (Fsp3) is 0.396. The van der Waals surface area contributed by atoms with E-state index in [-0.39, 0.29) is 71.1 Å². The minimum atomic E-state index is -0.888. The van der Waals surface area contributed by atoms with Crippen molar-refractivity contribution in [2.75, 3.05) is 137 Å². The average Bonchev–Trinajstić information content (AvgIpc) is 1.57. The van der Waals surface area contributed by atoms with Crippen LogP contribution in [0.2, 0.25) is 0 Å². The van der Waals surface area contributed by atoms with Gasteiger partial charge in [0.2, 0.25) is 0 Å². The molecule has 11 aromatic rings. The van der Waals surface area contributed by atoms with Crippen molar-refractivity contribution in [2.45, 2.75) is 135 Å². The number of methoxy groups -OCH3 is 2. The Balaban J connectivity index is 0.000000197. The third-order valence-electron chi connectivity index (χ3n) is 24.1. The van der Waals surface area contributed by atoms with Gasteiger partial charge in [0.1, 0.15) is 29.0 Å². The van der Waals surface area contributed by atoms with Crippen LogP contribution >= 0.6 is 11.8 Å². The van der Waals surface area contributed by atoms with Gasteiger partial charge in [-0.25, -0.2) is 29.4 Å². The van der Waals surface area contributed by atoms with E-state index in [1.165, 1.54) is 47.7 Å². The number of aromatic amines is 2. The summed E-state index contributed by atoms with van der Waals surface area (Å²) in [7, 11) is 14.9. The molecule has 0 bridgehead atoms. The Bertz CT molecular complexity index is 5880. The van der Waals surface area contributed by atoms with Gasteiger partial charge in [0.15, 0.2) is 0 Å². The molecule has 3 fully saturated rings. The van der Waals surface area contributed by atoms with Crippen LogP contribution in [-0.4, -0.2) is 203 Å². The third-order valence-corrected chi connectivity index (χ3v) is 24.2. The van der Waals surface area contributed by atoms with Crippen molar-refractivity contribution in [3.05, 3.63) is 233 Å². The molecule has 0 atom stereocenters. The molecule has 14 rings (SSSR count). The minimum Gasteiger partial charge on any atom is -0.870 e. The number of piperidine rings is 3. The molecule has 0 unspecified atom stereocenters. The van der Waals surface area contributed by atoms with Crippen LogP contribution in [0, 0.1) is 34.6 Å². The van der Waals surface area contributed by atoms with Gasteiger partial charge in [0.25, 0.3) is 17.0 Å². The first kappa shape index (κ1) is 97.2. The number of carboxylic acid groups (broad SMARTS) is 1. The molecule has 0 aliphatic carbocycles. The summed E-state index contributed by atoms with van der Waals surface area (Å²) in [6.45, 7) is 34.9. The number of aryl methyl sites for hydroxylation is 2. The number of pyridine rings is 8. The number of aromatic nitrogens is 8. The second-order valence-electron chi connectivity index (χ2n) is 32.1. The van der Waals surface area contributed by atoms with E-state index in [1.807, 2.05) is 140 Å². The monoisotopic (exact) mass is 1720 g/mol. The molecule has 654 valence electrons. The first-order valence-corrected chi connectivity index (χ1v) is 42.5. The average molecular weight is 1720 g/mol. The number of halogens is 1. The first-order valence-electron chi connectivity index (χ1n) is 42.1. The van der Waals surface area contributed by atoms with E-state index in [1.54, 1.807) is 32.2 Å². The summed E-state index contributed by atoms with van der Waals surface area (Å²) in [5.74, 6) is 2.24. The van der Waals surface area contributed by atoms with E-state index in [4.69, 9.17) is 26.0 Å². The number of amides is 1. The Morgan fingerprint density at radius 2 is 0.806 bits per heavy atom. The number of anilines is 3. The summed E-state index contributed by atoms with van der Waals surface area (Å²) in [5.41, 5.74) is 26.5. The predicted octanol–water partition coefficient (Wildman–Crippen LogP) is 13.4. The minimum absolute atomic E-state index is 0. The van der Waals surface area contributed by atoms with Gasteiger partial charge in [-0.05, 0) is 267 Å². The largest absolute Gasteiger partial charge is 1.00 e. The maximum Gasteiger partial charge on any atom is 1.00 e.